The summed E-state index contributed by atoms with van der Waals surface area (Å²) in [5, 5.41) is 21.1. The molecule has 0 aliphatic rings. The maximum Gasteiger partial charge on any atom is 0.339 e. The van der Waals surface area contributed by atoms with Crippen molar-refractivity contribution in [1.29, 1.82) is 0 Å². The molecule has 0 saturated heterocycles. The minimum absolute atomic E-state index is 0.0694. The van der Waals surface area contributed by atoms with E-state index < -0.39 is 5.97 Å². The molecule has 1 heterocycles. The van der Waals surface area contributed by atoms with Gasteiger partial charge in [-0.05, 0) is 18.1 Å². The molecule has 1 unspecified atom stereocenters. The van der Waals surface area contributed by atoms with E-state index in [0.29, 0.717) is 18.3 Å². The van der Waals surface area contributed by atoms with Crippen LogP contribution in [0.15, 0.2) is 18.3 Å². The summed E-state index contributed by atoms with van der Waals surface area (Å²) in [4.78, 5) is 14.9. The van der Waals surface area contributed by atoms with Gasteiger partial charge in [0.25, 0.3) is 0 Å². The lowest BCUT2D eigenvalue weighted by Gasteiger charge is -2.19. The van der Waals surface area contributed by atoms with Crippen molar-refractivity contribution in [3.05, 3.63) is 23.9 Å². The van der Waals surface area contributed by atoms with Crippen molar-refractivity contribution in [3.63, 3.8) is 0 Å². The summed E-state index contributed by atoms with van der Waals surface area (Å²) in [5.74, 6) is -0.257. The zero-order valence-electron chi connectivity index (χ0n) is 10.1. The molecule has 94 valence electrons. The zero-order chi connectivity index (χ0) is 12.8. The maximum atomic E-state index is 10.9. The van der Waals surface area contributed by atoms with Gasteiger partial charge in [-0.3, -0.25) is 0 Å². The summed E-state index contributed by atoms with van der Waals surface area (Å²) in [6.07, 6.45) is 1.54. The molecule has 0 saturated carbocycles. The van der Waals surface area contributed by atoms with Gasteiger partial charge < -0.3 is 15.5 Å². The number of anilines is 1. The van der Waals surface area contributed by atoms with E-state index in [1.54, 1.807) is 6.07 Å². The SMILES string of the molecule is CC(C)C(CO)CNc1ncccc1C(=O)O. The molecule has 0 aliphatic carbocycles. The van der Waals surface area contributed by atoms with Crippen LogP contribution in [0.2, 0.25) is 0 Å². The van der Waals surface area contributed by atoms with Crippen LogP contribution in [0.5, 0.6) is 0 Å². The molecule has 1 rings (SSSR count). The van der Waals surface area contributed by atoms with E-state index in [4.69, 9.17) is 5.11 Å². The van der Waals surface area contributed by atoms with Crippen LogP contribution in [0.4, 0.5) is 5.82 Å². The van der Waals surface area contributed by atoms with Gasteiger partial charge in [0, 0.05) is 25.3 Å². The lowest BCUT2D eigenvalue weighted by atomic mass is 9.97. The third-order valence-electron chi connectivity index (χ3n) is 2.75. The van der Waals surface area contributed by atoms with Crippen LogP contribution in [0.25, 0.3) is 0 Å². The fraction of sp³-hybridized carbons (Fsp3) is 0.500. The zero-order valence-corrected chi connectivity index (χ0v) is 10.1. The van der Waals surface area contributed by atoms with E-state index in [1.807, 2.05) is 13.8 Å². The van der Waals surface area contributed by atoms with Gasteiger partial charge in [-0.1, -0.05) is 13.8 Å². The Morgan fingerprint density at radius 2 is 2.24 bits per heavy atom. The molecule has 1 aromatic heterocycles. The van der Waals surface area contributed by atoms with Crippen molar-refractivity contribution in [2.75, 3.05) is 18.5 Å². The minimum atomic E-state index is -1.01. The Hall–Kier alpha value is -1.62. The summed E-state index contributed by atoms with van der Waals surface area (Å²) < 4.78 is 0. The van der Waals surface area contributed by atoms with Gasteiger partial charge in [0.1, 0.15) is 11.4 Å². The highest BCUT2D eigenvalue weighted by atomic mass is 16.4. The monoisotopic (exact) mass is 238 g/mol. The number of nitrogens with one attached hydrogen (secondary N) is 1. The molecule has 0 radical (unpaired) electrons. The van der Waals surface area contributed by atoms with Crippen molar-refractivity contribution in [3.8, 4) is 0 Å². The number of pyridine rings is 1. The number of rotatable bonds is 6. The lowest BCUT2D eigenvalue weighted by molar-refractivity contribution is 0.0697. The van der Waals surface area contributed by atoms with Gasteiger partial charge in [-0.15, -0.1) is 0 Å². The molecule has 0 fully saturated rings. The number of carboxylic acid groups (broad SMARTS) is 1. The summed E-state index contributed by atoms with van der Waals surface area (Å²) in [6.45, 7) is 4.60. The fourth-order valence-corrected chi connectivity index (χ4v) is 1.46. The van der Waals surface area contributed by atoms with E-state index in [-0.39, 0.29) is 18.1 Å². The van der Waals surface area contributed by atoms with Crippen LogP contribution >= 0.6 is 0 Å². The molecule has 5 heteroatoms. The van der Waals surface area contributed by atoms with E-state index in [2.05, 4.69) is 10.3 Å². The van der Waals surface area contributed by atoms with Crippen molar-refractivity contribution in [2.45, 2.75) is 13.8 Å². The number of carboxylic acids is 1. The molecule has 3 N–H and O–H groups in total. The first-order valence-electron chi connectivity index (χ1n) is 5.59. The topological polar surface area (TPSA) is 82.5 Å². The van der Waals surface area contributed by atoms with Crippen molar-refractivity contribution >= 4 is 11.8 Å². The third-order valence-corrected chi connectivity index (χ3v) is 2.75. The average molecular weight is 238 g/mol. The summed E-state index contributed by atoms with van der Waals surface area (Å²) >= 11 is 0. The number of aliphatic hydroxyl groups excluding tert-OH is 1. The Morgan fingerprint density at radius 1 is 1.53 bits per heavy atom. The number of aliphatic hydroxyl groups is 1. The minimum Gasteiger partial charge on any atom is -0.478 e. The highest BCUT2D eigenvalue weighted by Gasteiger charge is 2.15. The predicted molar refractivity (Wildman–Crippen MR) is 65.1 cm³/mol. The summed E-state index contributed by atoms with van der Waals surface area (Å²) in [6, 6.07) is 3.08. The molecular formula is C12H18N2O3. The number of nitrogens with zero attached hydrogens (tertiary/aromatic N) is 1. The molecule has 0 aromatic carbocycles. The molecule has 5 nitrogen and oxygen atoms in total. The van der Waals surface area contributed by atoms with Gasteiger partial charge in [0.15, 0.2) is 0 Å². The third kappa shape index (κ3) is 3.71. The van der Waals surface area contributed by atoms with Gasteiger partial charge >= 0.3 is 5.97 Å². The largest absolute Gasteiger partial charge is 0.478 e. The van der Waals surface area contributed by atoms with Crippen LogP contribution in [-0.2, 0) is 0 Å². The molecule has 0 aliphatic heterocycles. The normalized spacial score (nSPS) is 12.5. The first-order valence-corrected chi connectivity index (χ1v) is 5.59. The number of aromatic nitrogens is 1. The van der Waals surface area contributed by atoms with Gasteiger partial charge in [-0.25, -0.2) is 9.78 Å². The van der Waals surface area contributed by atoms with Gasteiger partial charge in [0.05, 0.1) is 0 Å². The summed E-state index contributed by atoms with van der Waals surface area (Å²) in [5.41, 5.74) is 0.146. The number of aromatic carboxylic acids is 1. The Balaban J connectivity index is 2.72. The smallest absolute Gasteiger partial charge is 0.339 e. The molecule has 0 bridgehead atoms. The van der Waals surface area contributed by atoms with Crippen LogP contribution in [0.1, 0.15) is 24.2 Å². The fourth-order valence-electron chi connectivity index (χ4n) is 1.46. The predicted octanol–water partition coefficient (Wildman–Crippen LogP) is 1.46. The van der Waals surface area contributed by atoms with Gasteiger partial charge in [0.2, 0.25) is 0 Å². The maximum absolute atomic E-state index is 10.9. The number of carbonyl (C=O) groups is 1. The molecule has 17 heavy (non-hydrogen) atoms. The Morgan fingerprint density at radius 3 is 2.76 bits per heavy atom. The lowest BCUT2D eigenvalue weighted by Crippen LogP contribution is -2.24. The van der Waals surface area contributed by atoms with Crippen molar-refractivity contribution in [1.82, 2.24) is 4.98 Å². The summed E-state index contributed by atoms with van der Waals surface area (Å²) in [7, 11) is 0. The van der Waals surface area contributed by atoms with Crippen LogP contribution in [-0.4, -0.2) is 34.3 Å². The quantitative estimate of drug-likeness (QED) is 0.699. The van der Waals surface area contributed by atoms with Crippen LogP contribution < -0.4 is 5.32 Å². The molecule has 1 atom stereocenters. The number of hydrogen-bond acceptors (Lipinski definition) is 4. The van der Waals surface area contributed by atoms with Crippen LogP contribution in [0.3, 0.4) is 0 Å². The van der Waals surface area contributed by atoms with E-state index in [9.17, 15) is 9.90 Å². The second-order valence-corrected chi connectivity index (χ2v) is 4.27. The Labute approximate surface area is 101 Å². The van der Waals surface area contributed by atoms with Crippen molar-refractivity contribution in [2.24, 2.45) is 11.8 Å². The second kappa shape index (κ2) is 6.20. The molecule has 1 aromatic rings. The molecule has 0 amide bonds. The van der Waals surface area contributed by atoms with E-state index in [0.717, 1.165) is 0 Å². The second-order valence-electron chi connectivity index (χ2n) is 4.27. The number of hydrogen-bond donors (Lipinski definition) is 3. The molecular weight excluding hydrogens is 220 g/mol. The highest BCUT2D eigenvalue weighted by Crippen LogP contribution is 2.14. The van der Waals surface area contributed by atoms with E-state index in [1.165, 1.54) is 12.3 Å². The first kappa shape index (κ1) is 13.4. The Bertz CT molecular complexity index is 380. The van der Waals surface area contributed by atoms with Crippen LogP contribution in [0, 0.1) is 11.8 Å². The highest BCUT2D eigenvalue weighted by molar-refractivity contribution is 5.92. The first-order chi connectivity index (χ1) is 8.06. The standard InChI is InChI=1S/C12H18N2O3/c1-8(2)9(7-15)6-14-11-10(12(16)17)4-3-5-13-11/h3-5,8-9,15H,6-7H2,1-2H3,(H,13,14)(H,16,17). The van der Waals surface area contributed by atoms with E-state index >= 15 is 0 Å². The van der Waals surface area contributed by atoms with Gasteiger partial charge in [-0.2, -0.15) is 0 Å². The Kier molecular flexibility index (Phi) is 4.90. The molecule has 0 spiro atoms. The average Bonchev–Trinajstić information content (AvgIpc) is 2.29. The van der Waals surface area contributed by atoms with Crippen molar-refractivity contribution < 1.29 is 15.0 Å².